The van der Waals surface area contributed by atoms with Crippen LogP contribution in [-0.2, 0) is 6.18 Å². The largest absolute Gasteiger partial charge is 0.417 e. The number of aromatic nitrogens is 1. The van der Waals surface area contributed by atoms with Crippen molar-refractivity contribution in [2.75, 3.05) is 5.75 Å². The van der Waals surface area contributed by atoms with Crippen LogP contribution in [0.5, 0.6) is 0 Å². The maximum Gasteiger partial charge on any atom is 0.417 e. The van der Waals surface area contributed by atoms with Crippen molar-refractivity contribution >= 4 is 11.8 Å². The first-order valence-corrected chi connectivity index (χ1v) is 7.44. The van der Waals surface area contributed by atoms with Crippen molar-refractivity contribution in [2.45, 2.75) is 18.1 Å². The number of benzene rings is 1. The summed E-state index contributed by atoms with van der Waals surface area (Å²) in [6, 6.07) is 11.1. The predicted molar refractivity (Wildman–Crippen MR) is 80.5 cm³/mol. The predicted octanol–water partition coefficient (Wildman–Crippen LogP) is 4.56. The Morgan fingerprint density at radius 2 is 1.83 bits per heavy atom. The van der Waals surface area contributed by atoms with Gasteiger partial charge >= 0.3 is 6.18 Å². The van der Waals surface area contributed by atoms with E-state index in [1.165, 1.54) is 0 Å². The molecule has 0 amide bonds. The van der Waals surface area contributed by atoms with E-state index in [-0.39, 0.29) is 16.5 Å². The van der Waals surface area contributed by atoms with Gasteiger partial charge in [0.25, 0.3) is 0 Å². The number of hydrogen-bond acceptors (Lipinski definition) is 4. The van der Waals surface area contributed by atoms with Crippen molar-refractivity contribution in [1.29, 1.82) is 10.5 Å². The Kier molecular flexibility index (Phi) is 4.92. The molecule has 0 bridgehead atoms. The van der Waals surface area contributed by atoms with Crippen molar-refractivity contribution in [3.05, 3.63) is 47.0 Å². The van der Waals surface area contributed by atoms with Gasteiger partial charge in [0, 0.05) is 5.56 Å². The SMILES string of the molecule is Cc1ccc(-c2cc(C(F)(F)F)c(C#N)c(SCC#N)n2)cc1. The topological polar surface area (TPSA) is 60.5 Å². The molecule has 1 aromatic carbocycles. The zero-order chi connectivity index (χ0) is 17.0. The number of hydrogen-bond donors (Lipinski definition) is 0. The molecular weight excluding hydrogens is 323 g/mol. The molecule has 0 unspecified atom stereocenters. The van der Waals surface area contributed by atoms with Crippen molar-refractivity contribution in [2.24, 2.45) is 0 Å². The summed E-state index contributed by atoms with van der Waals surface area (Å²) in [6.07, 6.45) is -4.67. The fraction of sp³-hybridized carbons (Fsp3) is 0.188. The van der Waals surface area contributed by atoms with E-state index >= 15 is 0 Å². The van der Waals surface area contributed by atoms with Gasteiger partial charge in [-0.3, -0.25) is 0 Å². The van der Waals surface area contributed by atoms with Crippen molar-refractivity contribution in [3.8, 4) is 23.4 Å². The summed E-state index contributed by atoms with van der Waals surface area (Å²) in [4.78, 5) is 4.14. The highest BCUT2D eigenvalue weighted by molar-refractivity contribution is 7.99. The number of alkyl halides is 3. The Labute approximate surface area is 135 Å². The molecule has 3 nitrogen and oxygen atoms in total. The van der Waals surface area contributed by atoms with E-state index in [0.29, 0.717) is 5.56 Å². The molecule has 0 aliphatic carbocycles. The van der Waals surface area contributed by atoms with E-state index in [4.69, 9.17) is 10.5 Å². The molecule has 0 radical (unpaired) electrons. The van der Waals surface area contributed by atoms with E-state index in [0.717, 1.165) is 23.4 Å². The van der Waals surface area contributed by atoms with Gasteiger partial charge in [-0.25, -0.2) is 4.98 Å². The molecular formula is C16H10F3N3S. The number of nitriles is 2. The van der Waals surface area contributed by atoms with Gasteiger partial charge in [0.1, 0.15) is 11.1 Å². The molecule has 0 aliphatic rings. The minimum Gasteiger partial charge on any atom is -0.240 e. The molecule has 0 spiro atoms. The van der Waals surface area contributed by atoms with E-state index in [9.17, 15) is 13.2 Å². The fourth-order valence-corrected chi connectivity index (χ4v) is 2.59. The van der Waals surface area contributed by atoms with Crippen LogP contribution in [0.1, 0.15) is 16.7 Å². The van der Waals surface area contributed by atoms with Crippen molar-refractivity contribution in [3.63, 3.8) is 0 Å². The Balaban J connectivity index is 2.67. The zero-order valence-electron chi connectivity index (χ0n) is 12.0. The first-order valence-electron chi connectivity index (χ1n) is 6.46. The summed E-state index contributed by atoms with van der Waals surface area (Å²) >= 11 is 0.819. The highest BCUT2D eigenvalue weighted by atomic mass is 32.2. The second-order valence-electron chi connectivity index (χ2n) is 4.66. The van der Waals surface area contributed by atoms with Gasteiger partial charge in [-0.05, 0) is 13.0 Å². The van der Waals surface area contributed by atoms with Crippen molar-refractivity contribution in [1.82, 2.24) is 4.98 Å². The van der Waals surface area contributed by atoms with Crippen LogP contribution in [0, 0.1) is 29.6 Å². The van der Waals surface area contributed by atoms with Crippen LogP contribution in [0.25, 0.3) is 11.3 Å². The van der Waals surface area contributed by atoms with Crippen LogP contribution in [0.15, 0.2) is 35.4 Å². The maximum absolute atomic E-state index is 13.2. The number of thioether (sulfide) groups is 1. The summed E-state index contributed by atoms with van der Waals surface area (Å²) in [5.41, 5.74) is 0.0262. The first kappa shape index (κ1) is 16.9. The van der Waals surface area contributed by atoms with Crippen LogP contribution < -0.4 is 0 Å². The number of halogens is 3. The lowest BCUT2D eigenvalue weighted by Crippen LogP contribution is -2.10. The smallest absolute Gasteiger partial charge is 0.240 e. The molecule has 0 saturated heterocycles. The van der Waals surface area contributed by atoms with Gasteiger partial charge in [0.05, 0.1) is 28.6 Å². The van der Waals surface area contributed by atoms with Crippen LogP contribution in [0.3, 0.4) is 0 Å². The highest BCUT2D eigenvalue weighted by Crippen LogP contribution is 2.37. The lowest BCUT2D eigenvalue weighted by molar-refractivity contribution is -0.138. The molecule has 7 heteroatoms. The highest BCUT2D eigenvalue weighted by Gasteiger charge is 2.36. The maximum atomic E-state index is 13.2. The molecule has 1 aromatic heterocycles. The number of pyridine rings is 1. The monoisotopic (exact) mass is 333 g/mol. The van der Waals surface area contributed by atoms with E-state index in [2.05, 4.69) is 4.98 Å². The van der Waals surface area contributed by atoms with Gasteiger partial charge in [-0.1, -0.05) is 41.6 Å². The Morgan fingerprint density at radius 1 is 1.17 bits per heavy atom. The normalized spacial score (nSPS) is 10.9. The third kappa shape index (κ3) is 3.82. The lowest BCUT2D eigenvalue weighted by atomic mass is 10.0. The minimum absolute atomic E-state index is 0.0838. The average Bonchev–Trinajstić information content (AvgIpc) is 2.51. The molecule has 23 heavy (non-hydrogen) atoms. The minimum atomic E-state index is -4.67. The quantitative estimate of drug-likeness (QED) is 0.772. The summed E-state index contributed by atoms with van der Waals surface area (Å²) in [5, 5.41) is 17.6. The molecule has 1 heterocycles. The second kappa shape index (κ2) is 6.72. The fourth-order valence-electron chi connectivity index (χ4n) is 1.93. The molecule has 0 fully saturated rings. The lowest BCUT2D eigenvalue weighted by Gasteiger charge is -2.13. The van der Waals surface area contributed by atoms with Crippen LogP contribution in [0.2, 0.25) is 0 Å². The summed E-state index contributed by atoms with van der Waals surface area (Å²) in [7, 11) is 0. The van der Waals surface area contributed by atoms with E-state index in [1.54, 1.807) is 30.3 Å². The molecule has 2 aromatic rings. The third-order valence-electron chi connectivity index (χ3n) is 3.02. The number of aryl methyl sites for hydroxylation is 1. The average molecular weight is 333 g/mol. The Morgan fingerprint density at radius 3 is 2.35 bits per heavy atom. The molecule has 116 valence electrons. The molecule has 0 N–H and O–H groups in total. The first-order chi connectivity index (χ1) is 10.9. The Bertz CT molecular complexity index is 800. The number of rotatable bonds is 3. The summed E-state index contributed by atoms with van der Waals surface area (Å²) < 4.78 is 39.7. The van der Waals surface area contributed by atoms with Gasteiger partial charge in [0.15, 0.2) is 0 Å². The van der Waals surface area contributed by atoms with Gasteiger partial charge in [-0.15, -0.1) is 0 Å². The second-order valence-corrected chi connectivity index (χ2v) is 5.62. The summed E-state index contributed by atoms with van der Waals surface area (Å²) in [6.45, 7) is 1.87. The van der Waals surface area contributed by atoms with Gasteiger partial charge < -0.3 is 0 Å². The standard InChI is InChI=1S/C16H10F3N3S/c1-10-2-4-11(5-3-10)14-8-13(16(17,18)19)12(9-21)15(22-14)23-7-6-20/h2-5,8H,7H2,1H3. The van der Waals surface area contributed by atoms with Crippen molar-refractivity contribution < 1.29 is 13.2 Å². The third-order valence-corrected chi connectivity index (χ3v) is 3.87. The van der Waals surface area contributed by atoms with Gasteiger partial charge in [-0.2, -0.15) is 23.7 Å². The molecule has 2 rings (SSSR count). The van der Waals surface area contributed by atoms with E-state index in [1.807, 2.05) is 13.0 Å². The molecule has 0 atom stereocenters. The van der Waals surface area contributed by atoms with Crippen LogP contribution in [-0.4, -0.2) is 10.7 Å². The Hall–Kier alpha value is -2.51. The van der Waals surface area contributed by atoms with Gasteiger partial charge in [0.2, 0.25) is 0 Å². The molecule has 0 saturated carbocycles. The van der Waals surface area contributed by atoms with Crippen LogP contribution in [0.4, 0.5) is 13.2 Å². The van der Waals surface area contributed by atoms with Crippen LogP contribution >= 0.6 is 11.8 Å². The van der Waals surface area contributed by atoms with E-state index < -0.39 is 17.3 Å². The molecule has 0 aliphatic heterocycles. The summed E-state index contributed by atoms with van der Waals surface area (Å²) in [5.74, 6) is -0.0870. The number of nitrogens with zero attached hydrogens (tertiary/aromatic N) is 3. The zero-order valence-corrected chi connectivity index (χ0v) is 12.8.